The predicted molar refractivity (Wildman–Crippen MR) is 85.7 cm³/mol. The van der Waals surface area contributed by atoms with Crippen LogP contribution in [0.3, 0.4) is 0 Å². The van der Waals surface area contributed by atoms with Gasteiger partial charge in [0.15, 0.2) is 0 Å². The Morgan fingerprint density at radius 1 is 1.05 bits per heavy atom. The van der Waals surface area contributed by atoms with Crippen LogP contribution in [0.25, 0.3) is 0 Å². The molecule has 0 fully saturated rings. The van der Waals surface area contributed by atoms with Crippen LogP contribution in [-0.2, 0) is 12.8 Å². The van der Waals surface area contributed by atoms with Gasteiger partial charge in [0.2, 0.25) is 0 Å². The summed E-state index contributed by atoms with van der Waals surface area (Å²) < 4.78 is 0. The minimum Gasteiger partial charge on any atom is -0.399 e. The Labute approximate surface area is 124 Å². The van der Waals surface area contributed by atoms with E-state index in [1.807, 2.05) is 12.1 Å². The zero-order valence-corrected chi connectivity index (χ0v) is 11.9. The van der Waals surface area contributed by atoms with Gasteiger partial charge in [-0.3, -0.25) is 4.79 Å². The summed E-state index contributed by atoms with van der Waals surface area (Å²) in [6, 6.07) is 11.4. The third kappa shape index (κ3) is 2.70. The van der Waals surface area contributed by atoms with E-state index in [4.69, 9.17) is 11.5 Å². The maximum absolute atomic E-state index is 11.6. The molecule has 0 aliphatic heterocycles. The van der Waals surface area contributed by atoms with Crippen LogP contribution in [0.5, 0.6) is 0 Å². The predicted octanol–water partition coefficient (Wildman–Crippen LogP) is 2.99. The van der Waals surface area contributed by atoms with Crippen molar-refractivity contribution in [1.82, 2.24) is 0 Å². The topological polar surface area (TPSA) is 81.1 Å². The van der Waals surface area contributed by atoms with Gasteiger partial charge in [0.25, 0.3) is 5.91 Å². The maximum Gasteiger partial charge on any atom is 0.250 e. The number of anilines is 3. The fraction of sp³-hybridized carbons (Fsp3) is 0.235. The van der Waals surface area contributed by atoms with Crippen molar-refractivity contribution in [3.05, 3.63) is 53.1 Å². The molecule has 0 atom stereocenters. The molecule has 4 nitrogen and oxygen atoms in total. The number of hydrogen-bond acceptors (Lipinski definition) is 3. The second-order valence-corrected chi connectivity index (χ2v) is 5.44. The van der Waals surface area contributed by atoms with Gasteiger partial charge in [-0.05, 0) is 61.1 Å². The molecule has 2 aromatic rings. The van der Waals surface area contributed by atoms with E-state index < -0.39 is 5.91 Å². The van der Waals surface area contributed by atoms with E-state index in [0.717, 1.165) is 18.5 Å². The molecule has 0 unspecified atom stereocenters. The summed E-state index contributed by atoms with van der Waals surface area (Å²) in [4.78, 5) is 11.6. The van der Waals surface area contributed by atoms with Crippen molar-refractivity contribution >= 4 is 23.0 Å². The first-order valence-electron chi connectivity index (χ1n) is 7.22. The van der Waals surface area contributed by atoms with E-state index in [0.29, 0.717) is 16.9 Å². The summed E-state index contributed by atoms with van der Waals surface area (Å²) in [7, 11) is 0. The van der Waals surface area contributed by atoms with E-state index in [2.05, 4.69) is 11.4 Å². The van der Waals surface area contributed by atoms with Crippen LogP contribution in [0, 0.1) is 0 Å². The van der Waals surface area contributed by atoms with Crippen LogP contribution < -0.4 is 16.8 Å². The molecule has 1 aliphatic rings. The highest BCUT2D eigenvalue weighted by Gasteiger charge is 2.15. The SMILES string of the molecule is NC(=O)c1ccc(N)cc1Nc1cccc2c1CCCC2. The van der Waals surface area contributed by atoms with Gasteiger partial charge in [-0.1, -0.05) is 12.1 Å². The van der Waals surface area contributed by atoms with Gasteiger partial charge in [0, 0.05) is 11.4 Å². The second kappa shape index (κ2) is 5.48. The summed E-state index contributed by atoms with van der Waals surface area (Å²) in [6.45, 7) is 0. The second-order valence-electron chi connectivity index (χ2n) is 5.44. The molecule has 1 aliphatic carbocycles. The molecule has 21 heavy (non-hydrogen) atoms. The number of carbonyl (C=O) groups excluding carboxylic acids is 1. The Morgan fingerprint density at radius 3 is 2.67 bits per heavy atom. The number of primary amides is 1. The van der Waals surface area contributed by atoms with Crippen molar-refractivity contribution in [3.8, 4) is 0 Å². The number of rotatable bonds is 3. The van der Waals surface area contributed by atoms with E-state index in [1.54, 1.807) is 18.2 Å². The summed E-state index contributed by atoms with van der Waals surface area (Å²) in [5.74, 6) is -0.456. The molecular weight excluding hydrogens is 262 g/mol. The third-order valence-electron chi connectivity index (χ3n) is 3.97. The highest BCUT2D eigenvalue weighted by atomic mass is 16.1. The molecule has 0 saturated heterocycles. The Kier molecular flexibility index (Phi) is 3.52. The van der Waals surface area contributed by atoms with Crippen LogP contribution in [0.15, 0.2) is 36.4 Å². The lowest BCUT2D eigenvalue weighted by molar-refractivity contribution is 0.100. The van der Waals surface area contributed by atoms with E-state index in [9.17, 15) is 4.79 Å². The largest absolute Gasteiger partial charge is 0.399 e. The van der Waals surface area contributed by atoms with E-state index >= 15 is 0 Å². The first kappa shape index (κ1) is 13.5. The average Bonchev–Trinajstić information content (AvgIpc) is 2.47. The van der Waals surface area contributed by atoms with Crippen LogP contribution in [0.4, 0.5) is 17.1 Å². The monoisotopic (exact) mass is 281 g/mol. The minimum atomic E-state index is -0.456. The number of nitrogen functional groups attached to an aromatic ring is 1. The van der Waals surface area contributed by atoms with Gasteiger partial charge in [-0.25, -0.2) is 0 Å². The molecule has 0 radical (unpaired) electrons. The molecule has 5 N–H and O–H groups in total. The average molecular weight is 281 g/mol. The van der Waals surface area contributed by atoms with Crippen LogP contribution >= 0.6 is 0 Å². The number of benzene rings is 2. The van der Waals surface area contributed by atoms with E-state index in [-0.39, 0.29) is 0 Å². The van der Waals surface area contributed by atoms with Crippen LogP contribution in [0.2, 0.25) is 0 Å². The van der Waals surface area contributed by atoms with E-state index in [1.165, 1.54) is 24.0 Å². The third-order valence-corrected chi connectivity index (χ3v) is 3.97. The van der Waals surface area contributed by atoms with Crippen molar-refractivity contribution in [2.45, 2.75) is 25.7 Å². The Bertz CT molecular complexity index is 694. The van der Waals surface area contributed by atoms with Gasteiger partial charge >= 0.3 is 0 Å². The van der Waals surface area contributed by atoms with Crippen molar-refractivity contribution in [2.75, 3.05) is 11.1 Å². The Balaban J connectivity index is 2.01. The molecule has 108 valence electrons. The molecule has 4 heteroatoms. The van der Waals surface area contributed by atoms with Gasteiger partial charge in [0.05, 0.1) is 11.3 Å². The summed E-state index contributed by atoms with van der Waals surface area (Å²) >= 11 is 0. The summed E-state index contributed by atoms with van der Waals surface area (Å²) in [5.41, 5.74) is 16.8. The number of amides is 1. The molecular formula is C17H19N3O. The first-order valence-corrected chi connectivity index (χ1v) is 7.22. The van der Waals surface area contributed by atoms with Gasteiger partial charge in [-0.2, -0.15) is 0 Å². The number of fused-ring (bicyclic) bond motifs is 1. The lowest BCUT2D eigenvalue weighted by Gasteiger charge is -2.21. The fourth-order valence-electron chi connectivity index (χ4n) is 2.92. The summed E-state index contributed by atoms with van der Waals surface area (Å²) in [5, 5.41) is 3.34. The molecule has 0 heterocycles. The van der Waals surface area contributed by atoms with Crippen LogP contribution in [-0.4, -0.2) is 5.91 Å². The molecule has 0 aromatic heterocycles. The zero-order chi connectivity index (χ0) is 14.8. The quantitative estimate of drug-likeness (QED) is 0.756. The highest BCUT2D eigenvalue weighted by Crippen LogP contribution is 2.31. The number of nitrogens with one attached hydrogen (secondary N) is 1. The van der Waals surface area contributed by atoms with Crippen molar-refractivity contribution in [2.24, 2.45) is 5.73 Å². The number of nitrogens with two attached hydrogens (primary N) is 2. The van der Waals surface area contributed by atoms with Crippen LogP contribution in [0.1, 0.15) is 34.3 Å². The van der Waals surface area contributed by atoms with Gasteiger partial charge in [0.1, 0.15) is 0 Å². The van der Waals surface area contributed by atoms with Gasteiger partial charge < -0.3 is 16.8 Å². The lowest BCUT2D eigenvalue weighted by Crippen LogP contribution is -2.14. The maximum atomic E-state index is 11.6. The molecule has 2 aromatic carbocycles. The molecule has 3 rings (SSSR count). The fourth-order valence-corrected chi connectivity index (χ4v) is 2.92. The van der Waals surface area contributed by atoms with Crippen molar-refractivity contribution in [3.63, 3.8) is 0 Å². The number of carbonyl (C=O) groups is 1. The summed E-state index contributed by atoms with van der Waals surface area (Å²) in [6.07, 6.45) is 4.61. The zero-order valence-electron chi connectivity index (χ0n) is 11.9. The minimum absolute atomic E-state index is 0.456. The van der Waals surface area contributed by atoms with Gasteiger partial charge in [-0.15, -0.1) is 0 Å². The molecule has 0 saturated carbocycles. The first-order chi connectivity index (χ1) is 10.1. The normalized spacial score (nSPS) is 13.5. The Hall–Kier alpha value is -2.49. The highest BCUT2D eigenvalue weighted by molar-refractivity contribution is 6.00. The molecule has 0 bridgehead atoms. The van der Waals surface area contributed by atoms with Crippen molar-refractivity contribution < 1.29 is 4.79 Å². The number of hydrogen-bond donors (Lipinski definition) is 3. The Morgan fingerprint density at radius 2 is 1.86 bits per heavy atom. The molecule has 0 spiro atoms. The van der Waals surface area contributed by atoms with Crippen molar-refractivity contribution in [1.29, 1.82) is 0 Å². The number of aryl methyl sites for hydroxylation is 1. The standard InChI is InChI=1S/C17H19N3O/c18-12-8-9-14(17(19)21)16(10-12)20-15-7-3-5-11-4-1-2-6-13(11)15/h3,5,7-10,20H,1-2,4,6,18H2,(H2,19,21). The smallest absolute Gasteiger partial charge is 0.250 e. The lowest BCUT2D eigenvalue weighted by atomic mass is 9.90. The molecule has 1 amide bonds.